The zero-order valence-electron chi connectivity index (χ0n) is 9.86. The maximum atomic E-state index is 11.9. The van der Waals surface area contributed by atoms with Gasteiger partial charge in [0.05, 0.1) is 11.6 Å². The largest absolute Gasteiger partial charge is 0.393 e. The maximum absolute atomic E-state index is 11.9. The zero-order chi connectivity index (χ0) is 11.6. The summed E-state index contributed by atoms with van der Waals surface area (Å²) in [6.07, 6.45) is 2.11. The fraction of sp³-hybridized carbons (Fsp3) is 0.909. The minimum absolute atomic E-state index is 0.00797. The van der Waals surface area contributed by atoms with Gasteiger partial charge in [-0.25, -0.2) is 0 Å². The standard InChI is InChI=1S/C11H22N2O2/c1-4-11(2,12)10(15)13(3)7-8-5-9(14)6-8/h8-9,14H,4-7,12H2,1-3H3. The highest BCUT2D eigenvalue weighted by molar-refractivity contribution is 5.85. The molecule has 0 saturated heterocycles. The number of nitrogens with zero attached hydrogens (tertiary/aromatic N) is 1. The average Bonchev–Trinajstić information content (AvgIpc) is 2.14. The highest BCUT2D eigenvalue weighted by atomic mass is 16.3. The molecule has 88 valence electrons. The normalized spacial score (nSPS) is 29.1. The van der Waals surface area contributed by atoms with Gasteiger partial charge in [0.2, 0.25) is 5.91 Å². The lowest BCUT2D eigenvalue weighted by molar-refractivity contribution is -0.136. The zero-order valence-corrected chi connectivity index (χ0v) is 9.86. The molecule has 0 aromatic rings. The molecule has 1 unspecified atom stereocenters. The van der Waals surface area contributed by atoms with Gasteiger partial charge in [-0.1, -0.05) is 6.92 Å². The fourth-order valence-electron chi connectivity index (χ4n) is 1.91. The SMILES string of the molecule is CCC(C)(N)C(=O)N(C)CC1CC(O)C1. The third-order valence-corrected chi connectivity index (χ3v) is 3.31. The van der Waals surface area contributed by atoms with Gasteiger partial charge in [-0.2, -0.15) is 0 Å². The molecule has 4 nitrogen and oxygen atoms in total. The summed E-state index contributed by atoms with van der Waals surface area (Å²) in [5.74, 6) is 0.438. The predicted octanol–water partition coefficient (Wildman–Crippen LogP) is 0.343. The summed E-state index contributed by atoms with van der Waals surface area (Å²) in [5, 5.41) is 9.15. The van der Waals surface area contributed by atoms with Crippen LogP contribution in [-0.4, -0.2) is 41.1 Å². The maximum Gasteiger partial charge on any atom is 0.242 e. The van der Waals surface area contributed by atoms with Gasteiger partial charge >= 0.3 is 0 Å². The molecule has 0 heterocycles. The molecule has 1 atom stereocenters. The lowest BCUT2D eigenvalue weighted by Gasteiger charge is -2.36. The topological polar surface area (TPSA) is 66.6 Å². The van der Waals surface area contributed by atoms with Crippen LogP contribution in [0.3, 0.4) is 0 Å². The molecular weight excluding hydrogens is 192 g/mol. The number of aliphatic hydroxyl groups is 1. The molecule has 1 amide bonds. The first-order valence-corrected chi connectivity index (χ1v) is 5.59. The van der Waals surface area contributed by atoms with Crippen molar-refractivity contribution in [1.82, 2.24) is 4.90 Å². The molecule has 0 spiro atoms. The number of hydrogen-bond donors (Lipinski definition) is 2. The van der Waals surface area contributed by atoms with E-state index < -0.39 is 5.54 Å². The van der Waals surface area contributed by atoms with Crippen molar-refractivity contribution in [2.75, 3.05) is 13.6 Å². The highest BCUT2D eigenvalue weighted by Crippen LogP contribution is 2.28. The Labute approximate surface area is 91.4 Å². The van der Waals surface area contributed by atoms with E-state index in [1.807, 2.05) is 6.92 Å². The molecule has 1 aliphatic carbocycles. The molecule has 15 heavy (non-hydrogen) atoms. The number of aliphatic hydroxyl groups excluding tert-OH is 1. The molecule has 1 fully saturated rings. The van der Waals surface area contributed by atoms with Gasteiger partial charge in [-0.05, 0) is 32.1 Å². The summed E-state index contributed by atoms with van der Waals surface area (Å²) in [6.45, 7) is 4.39. The summed E-state index contributed by atoms with van der Waals surface area (Å²) in [5.41, 5.74) is 5.13. The van der Waals surface area contributed by atoms with Gasteiger partial charge in [0, 0.05) is 13.6 Å². The Balaban J connectivity index is 2.40. The smallest absolute Gasteiger partial charge is 0.242 e. The van der Waals surface area contributed by atoms with E-state index in [9.17, 15) is 4.79 Å². The number of nitrogens with two attached hydrogens (primary N) is 1. The fourth-order valence-corrected chi connectivity index (χ4v) is 1.91. The van der Waals surface area contributed by atoms with Crippen LogP contribution in [0.25, 0.3) is 0 Å². The molecule has 4 heteroatoms. The third kappa shape index (κ3) is 2.92. The number of likely N-dealkylation sites (N-methyl/N-ethyl adjacent to an activating group) is 1. The van der Waals surface area contributed by atoms with E-state index in [0.29, 0.717) is 18.9 Å². The Morgan fingerprint density at radius 1 is 1.60 bits per heavy atom. The van der Waals surface area contributed by atoms with Crippen molar-refractivity contribution in [1.29, 1.82) is 0 Å². The first kappa shape index (κ1) is 12.5. The summed E-state index contributed by atoms with van der Waals surface area (Å²) < 4.78 is 0. The number of hydrogen-bond acceptors (Lipinski definition) is 3. The van der Waals surface area contributed by atoms with Crippen molar-refractivity contribution in [3.63, 3.8) is 0 Å². The van der Waals surface area contributed by atoms with Crippen molar-refractivity contribution in [3.05, 3.63) is 0 Å². The van der Waals surface area contributed by atoms with E-state index in [4.69, 9.17) is 10.8 Å². The Kier molecular flexibility index (Phi) is 3.73. The van der Waals surface area contributed by atoms with Crippen molar-refractivity contribution in [2.45, 2.75) is 44.8 Å². The number of carbonyl (C=O) groups excluding carboxylic acids is 1. The minimum Gasteiger partial charge on any atom is -0.393 e. The Morgan fingerprint density at radius 2 is 2.13 bits per heavy atom. The number of amides is 1. The number of rotatable bonds is 4. The second-order valence-electron chi connectivity index (χ2n) is 4.95. The summed E-state index contributed by atoms with van der Waals surface area (Å²) in [6, 6.07) is 0. The van der Waals surface area contributed by atoms with Crippen molar-refractivity contribution >= 4 is 5.91 Å². The van der Waals surface area contributed by atoms with E-state index >= 15 is 0 Å². The number of carbonyl (C=O) groups is 1. The Hall–Kier alpha value is -0.610. The molecule has 0 aliphatic heterocycles. The first-order valence-electron chi connectivity index (χ1n) is 5.59. The summed E-state index contributed by atoms with van der Waals surface area (Å²) in [7, 11) is 1.79. The first-order chi connectivity index (χ1) is 6.86. The average molecular weight is 214 g/mol. The summed E-state index contributed by atoms with van der Waals surface area (Å²) >= 11 is 0. The summed E-state index contributed by atoms with van der Waals surface area (Å²) in [4.78, 5) is 13.6. The Morgan fingerprint density at radius 3 is 2.53 bits per heavy atom. The van der Waals surface area contributed by atoms with E-state index in [-0.39, 0.29) is 12.0 Å². The Bertz CT molecular complexity index is 235. The van der Waals surface area contributed by atoms with E-state index in [1.54, 1.807) is 18.9 Å². The van der Waals surface area contributed by atoms with Gasteiger partial charge in [0.1, 0.15) is 0 Å². The van der Waals surface area contributed by atoms with Crippen LogP contribution in [0.2, 0.25) is 0 Å². The van der Waals surface area contributed by atoms with E-state index in [0.717, 1.165) is 12.8 Å². The van der Waals surface area contributed by atoms with Crippen molar-refractivity contribution in [3.8, 4) is 0 Å². The molecule has 0 aromatic heterocycles. The van der Waals surface area contributed by atoms with Crippen LogP contribution < -0.4 is 5.73 Å². The minimum atomic E-state index is -0.753. The molecule has 1 saturated carbocycles. The van der Waals surface area contributed by atoms with Crippen LogP contribution in [0.1, 0.15) is 33.1 Å². The van der Waals surface area contributed by atoms with Gasteiger partial charge in [-0.15, -0.1) is 0 Å². The van der Waals surface area contributed by atoms with E-state index in [1.165, 1.54) is 0 Å². The van der Waals surface area contributed by atoms with Crippen LogP contribution in [0.4, 0.5) is 0 Å². The predicted molar refractivity (Wildman–Crippen MR) is 59.3 cm³/mol. The van der Waals surface area contributed by atoms with Gasteiger partial charge in [0.25, 0.3) is 0 Å². The second-order valence-corrected chi connectivity index (χ2v) is 4.95. The molecule has 1 rings (SSSR count). The van der Waals surface area contributed by atoms with Crippen molar-refractivity contribution < 1.29 is 9.90 Å². The lowest BCUT2D eigenvalue weighted by atomic mass is 9.82. The molecular formula is C11H22N2O2. The molecule has 0 radical (unpaired) electrons. The second kappa shape index (κ2) is 4.49. The van der Waals surface area contributed by atoms with Crippen LogP contribution in [0.5, 0.6) is 0 Å². The monoisotopic (exact) mass is 214 g/mol. The third-order valence-electron chi connectivity index (χ3n) is 3.31. The van der Waals surface area contributed by atoms with Gasteiger partial charge in [0.15, 0.2) is 0 Å². The quantitative estimate of drug-likeness (QED) is 0.709. The lowest BCUT2D eigenvalue weighted by Crippen LogP contribution is -2.53. The molecule has 0 bridgehead atoms. The van der Waals surface area contributed by atoms with Gasteiger partial charge < -0.3 is 15.7 Å². The van der Waals surface area contributed by atoms with Crippen molar-refractivity contribution in [2.24, 2.45) is 11.7 Å². The van der Waals surface area contributed by atoms with E-state index in [2.05, 4.69) is 0 Å². The molecule has 3 N–H and O–H groups in total. The van der Waals surface area contributed by atoms with Crippen LogP contribution in [0.15, 0.2) is 0 Å². The molecule has 1 aliphatic rings. The van der Waals surface area contributed by atoms with Gasteiger partial charge in [-0.3, -0.25) is 4.79 Å². The van der Waals surface area contributed by atoms with Crippen LogP contribution >= 0.6 is 0 Å². The molecule has 0 aromatic carbocycles. The van der Waals surface area contributed by atoms with Crippen LogP contribution in [-0.2, 0) is 4.79 Å². The van der Waals surface area contributed by atoms with Crippen LogP contribution in [0, 0.1) is 5.92 Å². The highest BCUT2D eigenvalue weighted by Gasteiger charge is 2.33.